The number of hydrogen-bond donors (Lipinski definition) is 1. The summed E-state index contributed by atoms with van der Waals surface area (Å²) in [6, 6.07) is 13.3. The van der Waals surface area contributed by atoms with Gasteiger partial charge in [0.15, 0.2) is 0 Å². The second-order valence-electron chi connectivity index (χ2n) is 7.56. The van der Waals surface area contributed by atoms with E-state index in [-0.39, 0.29) is 29.3 Å². The van der Waals surface area contributed by atoms with Gasteiger partial charge in [-0.3, -0.25) is 4.79 Å². The van der Waals surface area contributed by atoms with Gasteiger partial charge < -0.3 is 14.6 Å². The fourth-order valence-corrected chi connectivity index (χ4v) is 2.70. The highest BCUT2D eigenvalue weighted by atomic mass is 19.1. The van der Waals surface area contributed by atoms with Crippen LogP contribution in [0.4, 0.5) is 10.1 Å². The first-order valence-electron chi connectivity index (χ1n) is 8.66. The van der Waals surface area contributed by atoms with Crippen LogP contribution in [0.3, 0.4) is 0 Å². The molecular formula is C20H23BFNO3. The van der Waals surface area contributed by atoms with Gasteiger partial charge in [0.1, 0.15) is 5.82 Å². The molecule has 0 aliphatic carbocycles. The summed E-state index contributed by atoms with van der Waals surface area (Å²) in [5.41, 5.74) is 1.61. The second-order valence-corrected chi connectivity index (χ2v) is 7.56. The van der Waals surface area contributed by atoms with Crippen LogP contribution in [0.1, 0.15) is 33.3 Å². The van der Waals surface area contributed by atoms with Crippen LogP contribution in [-0.2, 0) is 20.5 Å². The summed E-state index contributed by atoms with van der Waals surface area (Å²) >= 11 is 0. The molecule has 136 valence electrons. The van der Waals surface area contributed by atoms with E-state index in [1.165, 1.54) is 24.3 Å². The van der Waals surface area contributed by atoms with Crippen molar-refractivity contribution in [2.75, 3.05) is 5.32 Å². The maximum absolute atomic E-state index is 12.9. The molecule has 26 heavy (non-hydrogen) atoms. The number of rotatable bonds is 4. The predicted molar refractivity (Wildman–Crippen MR) is 101 cm³/mol. The molecule has 1 fully saturated rings. The Balaban J connectivity index is 1.61. The van der Waals surface area contributed by atoms with Gasteiger partial charge >= 0.3 is 7.12 Å². The van der Waals surface area contributed by atoms with Gasteiger partial charge in [0, 0.05) is 5.69 Å². The van der Waals surface area contributed by atoms with Crippen molar-refractivity contribution in [3.05, 3.63) is 59.9 Å². The number of carbonyl (C=O) groups is 1. The summed E-state index contributed by atoms with van der Waals surface area (Å²) in [5.74, 6) is -0.485. The zero-order valence-electron chi connectivity index (χ0n) is 15.5. The summed E-state index contributed by atoms with van der Waals surface area (Å²) < 4.78 is 25.0. The minimum atomic E-state index is -0.415. The molecule has 2 aromatic carbocycles. The van der Waals surface area contributed by atoms with Crippen molar-refractivity contribution in [1.29, 1.82) is 0 Å². The van der Waals surface area contributed by atoms with Crippen molar-refractivity contribution < 1.29 is 18.5 Å². The van der Waals surface area contributed by atoms with E-state index >= 15 is 0 Å². The molecule has 1 saturated heterocycles. The summed E-state index contributed by atoms with van der Waals surface area (Å²) in [4.78, 5) is 12.1. The van der Waals surface area contributed by atoms with E-state index in [0.29, 0.717) is 5.69 Å². The molecule has 0 saturated carbocycles. The molecule has 0 unspecified atom stereocenters. The number of benzene rings is 2. The van der Waals surface area contributed by atoms with Gasteiger partial charge in [-0.25, -0.2) is 4.39 Å². The fourth-order valence-electron chi connectivity index (χ4n) is 2.70. The lowest BCUT2D eigenvalue weighted by Gasteiger charge is -2.32. The first kappa shape index (κ1) is 18.6. The molecule has 0 radical (unpaired) electrons. The first-order chi connectivity index (χ1) is 12.2. The molecule has 1 aliphatic heterocycles. The average molecular weight is 355 g/mol. The van der Waals surface area contributed by atoms with E-state index < -0.39 is 7.12 Å². The molecule has 1 N–H and O–H groups in total. The third kappa shape index (κ3) is 3.97. The molecule has 0 bridgehead atoms. The maximum atomic E-state index is 12.9. The van der Waals surface area contributed by atoms with E-state index in [1.807, 2.05) is 52.0 Å². The van der Waals surface area contributed by atoms with Crippen molar-refractivity contribution >= 4 is 24.2 Å². The lowest BCUT2D eigenvalue weighted by atomic mass is 9.79. The summed E-state index contributed by atoms with van der Waals surface area (Å²) in [5, 5.41) is 2.75. The Morgan fingerprint density at radius 1 is 0.962 bits per heavy atom. The number of amides is 1. The largest absolute Gasteiger partial charge is 0.494 e. The quantitative estimate of drug-likeness (QED) is 0.856. The molecule has 6 heteroatoms. The molecule has 1 heterocycles. The summed E-state index contributed by atoms with van der Waals surface area (Å²) in [6.07, 6.45) is 0.237. The molecule has 3 rings (SSSR count). The first-order valence-corrected chi connectivity index (χ1v) is 8.66. The fraction of sp³-hybridized carbons (Fsp3) is 0.350. The predicted octanol–water partition coefficient (Wildman–Crippen LogP) is 3.31. The Morgan fingerprint density at radius 2 is 1.50 bits per heavy atom. The SMILES string of the molecule is CC1(C)OB(c2ccc(CC(=O)Nc3ccc(F)cc3)cc2)OC1(C)C. The highest BCUT2D eigenvalue weighted by Gasteiger charge is 2.51. The van der Waals surface area contributed by atoms with E-state index in [2.05, 4.69) is 5.32 Å². The van der Waals surface area contributed by atoms with Crippen molar-refractivity contribution in [2.24, 2.45) is 0 Å². The van der Waals surface area contributed by atoms with Gasteiger partial charge in [-0.05, 0) is 63.0 Å². The highest BCUT2D eigenvalue weighted by Crippen LogP contribution is 2.36. The Morgan fingerprint density at radius 3 is 2.04 bits per heavy atom. The van der Waals surface area contributed by atoms with E-state index in [1.54, 1.807) is 0 Å². The van der Waals surface area contributed by atoms with Crippen molar-refractivity contribution in [2.45, 2.75) is 45.3 Å². The Bertz CT molecular complexity index is 772. The molecule has 0 atom stereocenters. The van der Waals surface area contributed by atoms with Crippen LogP contribution >= 0.6 is 0 Å². The number of carbonyl (C=O) groups excluding carboxylic acids is 1. The normalized spacial score (nSPS) is 18.0. The number of anilines is 1. The number of nitrogens with one attached hydrogen (secondary N) is 1. The molecule has 4 nitrogen and oxygen atoms in total. The lowest BCUT2D eigenvalue weighted by Crippen LogP contribution is -2.41. The number of hydrogen-bond acceptors (Lipinski definition) is 3. The molecule has 2 aromatic rings. The van der Waals surface area contributed by atoms with Crippen LogP contribution in [0, 0.1) is 5.82 Å². The van der Waals surface area contributed by atoms with Gasteiger partial charge in [0.25, 0.3) is 0 Å². The third-order valence-corrected chi connectivity index (χ3v) is 5.00. The molecular weight excluding hydrogens is 332 g/mol. The summed E-state index contributed by atoms with van der Waals surface area (Å²) in [7, 11) is -0.415. The van der Waals surface area contributed by atoms with Crippen molar-refractivity contribution in [1.82, 2.24) is 0 Å². The molecule has 1 aliphatic rings. The highest BCUT2D eigenvalue weighted by molar-refractivity contribution is 6.62. The van der Waals surface area contributed by atoms with E-state index in [4.69, 9.17) is 9.31 Å². The van der Waals surface area contributed by atoms with Crippen LogP contribution in [-0.4, -0.2) is 24.2 Å². The minimum absolute atomic E-state index is 0.153. The maximum Gasteiger partial charge on any atom is 0.494 e. The average Bonchev–Trinajstić information content (AvgIpc) is 2.78. The second kappa shape index (κ2) is 6.85. The monoisotopic (exact) mass is 355 g/mol. The van der Waals surface area contributed by atoms with Gasteiger partial charge in [0.05, 0.1) is 17.6 Å². The topological polar surface area (TPSA) is 47.6 Å². The molecule has 0 spiro atoms. The Labute approximate surface area is 153 Å². The van der Waals surface area contributed by atoms with Gasteiger partial charge in [-0.2, -0.15) is 0 Å². The zero-order chi connectivity index (χ0) is 18.9. The minimum Gasteiger partial charge on any atom is -0.399 e. The van der Waals surface area contributed by atoms with Crippen LogP contribution < -0.4 is 10.8 Å². The van der Waals surface area contributed by atoms with Crippen molar-refractivity contribution in [3.8, 4) is 0 Å². The van der Waals surface area contributed by atoms with Crippen LogP contribution in [0.5, 0.6) is 0 Å². The third-order valence-electron chi connectivity index (χ3n) is 5.00. The smallest absolute Gasteiger partial charge is 0.399 e. The molecule has 0 aromatic heterocycles. The van der Waals surface area contributed by atoms with Crippen LogP contribution in [0.25, 0.3) is 0 Å². The Hall–Kier alpha value is -2.18. The van der Waals surface area contributed by atoms with E-state index in [9.17, 15) is 9.18 Å². The van der Waals surface area contributed by atoms with Crippen LogP contribution in [0.2, 0.25) is 0 Å². The van der Waals surface area contributed by atoms with E-state index in [0.717, 1.165) is 11.0 Å². The van der Waals surface area contributed by atoms with Gasteiger partial charge in [0.2, 0.25) is 5.91 Å². The lowest BCUT2D eigenvalue weighted by molar-refractivity contribution is -0.115. The van der Waals surface area contributed by atoms with Gasteiger partial charge in [-0.1, -0.05) is 24.3 Å². The summed E-state index contributed by atoms with van der Waals surface area (Å²) in [6.45, 7) is 8.06. The standard InChI is InChI=1S/C20H23BFNO3/c1-19(2)20(3,4)26-21(25-19)15-7-5-14(6-8-15)13-18(24)23-17-11-9-16(22)10-12-17/h5-12H,13H2,1-4H3,(H,23,24). The zero-order valence-corrected chi connectivity index (χ0v) is 15.5. The molecule has 1 amide bonds. The van der Waals surface area contributed by atoms with Crippen LogP contribution in [0.15, 0.2) is 48.5 Å². The van der Waals surface area contributed by atoms with Crippen molar-refractivity contribution in [3.63, 3.8) is 0 Å². The Kier molecular flexibility index (Phi) is 4.91. The number of halogens is 1. The van der Waals surface area contributed by atoms with Gasteiger partial charge in [-0.15, -0.1) is 0 Å².